The second kappa shape index (κ2) is 6.89. The molecular weight excluding hydrogens is 328 g/mol. The lowest BCUT2D eigenvalue weighted by atomic mass is 10.2. The lowest BCUT2D eigenvalue weighted by Gasteiger charge is -2.10. The van der Waals surface area contributed by atoms with Crippen molar-refractivity contribution in [1.82, 2.24) is 0 Å². The number of esters is 1. The summed E-state index contributed by atoms with van der Waals surface area (Å²) < 4.78 is 5.31. The van der Waals surface area contributed by atoms with Gasteiger partial charge >= 0.3 is 5.97 Å². The molecule has 0 fully saturated rings. The van der Waals surface area contributed by atoms with Crippen LogP contribution in [-0.2, 0) is 4.79 Å². The fourth-order valence-electron chi connectivity index (χ4n) is 2.06. The Morgan fingerprint density at radius 1 is 1.13 bits per heavy atom. The number of aromatic hydroxyl groups is 1. The van der Waals surface area contributed by atoms with Crippen LogP contribution in [0.5, 0.6) is 11.5 Å². The number of hydrogen-bond donors (Lipinski definition) is 1. The Morgan fingerprint density at radius 3 is 2.57 bits per heavy atom. The Balaban J connectivity index is 1.97. The van der Waals surface area contributed by atoms with Crippen molar-refractivity contribution >= 4 is 29.1 Å². The van der Waals surface area contributed by atoms with Gasteiger partial charge in [0.1, 0.15) is 11.5 Å². The number of phenols is 1. The second-order valence-corrected chi connectivity index (χ2v) is 6.89. The molecule has 1 N–H and O–H groups in total. The third-order valence-corrected chi connectivity index (χ3v) is 5.03. The Labute approximate surface area is 142 Å². The summed E-state index contributed by atoms with van der Waals surface area (Å²) in [6.45, 7) is 1.39. The molecule has 0 aliphatic heterocycles. The summed E-state index contributed by atoms with van der Waals surface area (Å²) in [7, 11) is 0. The summed E-state index contributed by atoms with van der Waals surface area (Å²) in [6.07, 6.45) is 0. The van der Waals surface area contributed by atoms with Gasteiger partial charge in [-0.1, -0.05) is 17.8 Å². The van der Waals surface area contributed by atoms with Gasteiger partial charge in [-0.05, 0) is 59.5 Å². The predicted molar refractivity (Wildman–Crippen MR) is 93.3 cm³/mol. The molecule has 23 heavy (non-hydrogen) atoms. The third-order valence-electron chi connectivity index (χ3n) is 3.07. The fraction of sp³-hybridized carbons (Fsp3) is 0.0556. The van der Waals surface area contributed by atoms with E-state index in [1.54, 1.807) is 23.5 Å². The zero-order chi connectivity index (χ0) is 16.2. The molecule has 0 aliphatic carbocycles. The molecule has 0 aliphatic rings. The van der Waals surface area contributed by atoms with Crippen molar-refractivity contribution in [3.8, 4) is 21.9 Å². The van der Waals surface area contributed by atoms with Crippen molar-refractivity contribution in [3.63, 3.8) is 0 Å². The molecule has 5 heteroatoms. The molecule has 3 rings (SSSR count). The van der Waals surface area contributed by atoms with Gasteiger partial charge in [0.25, 0.3) is 0 Å². The number of benzene rings is 2. The van der Waals surface area contributed by atoms with E-state index >= 15 is 0 Å². The zero-order valence-corrected chi connectivity index (χ0v) is 14.0. The van der Waals surface area contributed by atoms with Gasteiger partial charge in [-0.15, -0.1) is 11.3 Å². The van der Waals surface area contributed by atoms with Gasteiger partial charge in [-0.25, -0.2) is 0 Å². The summed E-state index contributed by atoms with van der Waals surface area (Å²) in [6, 6.07) is 16.8. The van der Waals surface area contributed by atoms with Crippen molar-refractivity contribution in [2.45, 2.75) is 16.7 Å². The first-order valence-electron chi connectivity index (χ1n) is 6.95. The summed E-state index contributed by atoms with van der Waals surface area (Å²) in [5.74, 6) is 0.416. The highest BCUT2D eigenvalue weighted by Gasteiger charge is 2.11. The highest BCUT2D eigenvalue weighted by molar-refractivity contribution is 7.99. The van der Waals surface area contributed by atoms with E-state index in [2.05, 4.69) is 6.07 Å². The van der Waals surface area contributed by atoms with Crippen LogP contribution in [0.25, 0.3) is 10.4 Å². The average Bonchev–Trinajstić information content (AvgIpc) is 3.05. The van der Waals surface area contributed by atoms with E-state index in [4.69, 9.17) is 4.74 Å². The highest BCUT2D eigenvalue weighted by Crippen LogP contribution is 2.39. The monoisotopic (exact) mass is 342 g/mol. The van der Waals surface area contributed by atoms with Crippen LogP contribution in [-0.4, -0.2) is 11.1 Å². The minimum Gasteiger partial charge on any atom is -0.508 e. The molecule has 0 atom stereocenters. The van der Waals surface area contributed by atoms with Crippen molar-refractivity contribution in [2.75, 3.05) is 0 Å². The van der Waals surface area contributed by atoms with Crippen LogP contribution in [0.15, 0.2) is 69.8 Å². The molecule has 0 amide bonds. The lowest BCUT2D eigenvalue weighted by molar-refractivity contribution is -0.132. The maximum absolute atomic E-state index is 11.3. The molecule has 2 aromatic carbocycles. The van der Waals surface area contributed by atoms with Crippen LogP contribution in [0.3, 0.4) is 0 Å². The predicted octanol–water partition coefficient (Wildman–Crippen LogP) is 5.20. The maximum Gasteiger partial charge on any atom is 0.308 e. The summed E-state index contributed by atoms with van der Waals surface area (Å²) in [5.41, 5.74) is 1.08. The van der Waals surface area contributed by atoms with Crippen molar-refractivity contribution < 1.29 is 14.6 Å². The van der Waals surface area contributed by atoms with Gasteiger partial charge in [0.05, 0.1) is 4.90 Å². The van der Waals surface area contributed by atoms with E-state index in [0.29, 0.717) is 5.75 Å². The molecule has 3 nitrogen and oxygen atoms in total. The van der Waals surface area contributed by atoms with Crippen LogP contribution in [0.2, 0.25) is 0 Å². The third kappa shape index (κ3) is 3.94. The SMILES string of the molecule is CC(=O)Oc1ccc(-c2cccs2)cc1Sc1ccc(O)cc1. The van der Waals surface area contributed by atoms with Gasteiger partial charge in [0.2, 0.25) is 0 Å². The van der Waals surface area contributed by atoms with Crippen LogP contribution < -0.4 is 4.74 Å². The molecule has 0 unspecified atom stereocenters. The second-order valence-electron chi connectivity index (χ2n) is 4.83. The quantitative estimate of drug-likeness (QED) is 0.523. The summed E-state index contributed by atoms with van der Waals surface area (Å²) >= 11 is 3.16. The Bertz CT molecular complexity index is 809. The Kier molecular flexibility index (Phi) is 4.69. The van der Waals surface area contributed by atoms with Gasteiger partial charge in [-0.2, -0.15) is 0 Å². The first-order chi connectivity index (χ1) is 11.1. The zero-order valence-electron chi connectivity index (χ0n) is 12.4. The smallest absolute Gasteiger partial charge is 0.308 e. The minimum absolute atomic E-state index is 0.224. The van der Waals surface area contributed by atoms with Gasteiger partial charge in [0, 0.05) is 16.7 Å². The Hall–Kier alpha value is -2.24. The largest absolute Gasteiger partial charge is 0.508 e. The number of hydrogen-bond acceptors (Lipinski definition) is 5. The van der Waals surface area contributed by atoms with Crippen molar-refractivity contribution in [3.05, 3.63) is 60.0 Å². The summed E-state index contributed by atoms with van der Waals surface area (Å²) in [4.78, 5) is 14.3. The van der Waals surface area contributed by atoms with E-state index in [-0.39, 0.29) is 11.7 Å². The molecule has 1 heterocycles. The molecule has 0 saturated carbocycles. The van der Waals surface area contributed by atoms with Crippen LogP contribution >= 0.6 is 23.1 Å². The van der Waals surface area contributed by atoms with Gasteiger partial charge in [-0.3, -0.25) is 4.79 Å². The van der Waals surface area contributed by atoms with Crippen LogP contribution in [0.1, 0.15) is 6.92 Å². The van der Waals surface area contributed by atoms with Crippen LogP contribution in [0, 0.1) is 0 Å². The molecule has 0 spiro atoms. The topological polar surface area (TPSA) is 46.5 Å². The number of rotatable bonds is 4. The molecule has 1 aromatic heterocycles. The van der Waals surface area contributed by atoms with E-state index in [9.17, 15) is 9.90 Å². The van der Waals surface area contributed by atoms with E-state index in [1.165, 1.54) is 18.7 Å². The van der Waals surface area contributed by atoms with Crippen LogP contribution in [0.4, 0.5) is 0 Å². The lowest BCUT2D eigenvalue weighted by Crippen LogP contribution is -2.02. The standard InChI is InChI=1S/C18H14O3S2/c1-12(19)21-16-9-4-13(17-3-2-10-22-17)11-18(16)23-15-7-5-14(20)6-8-15/h2-11,20H,1H3. The first kappa shape index (κ1) is 15.6. The molecule has 116 valence electrons. The van der Waals surface area contributed by atoms with Crippen molar-refractivity contribution in [2.24, 2.45) is 0 Å². The number of phenolic OH excluding ortho intramolecular Hbond substituents is 1. The minimum atomic E-state index is -0.346. The molecule has 3 aromatic rings. The number of carbonyl (C=O) groups is 1. The first-order valence-corrected chi connectivity index (χ1v) is 8.64. The number of thiophene rings is 1. The van der Waals surface area contributed by atoms with Crippen molar-refractivity contribution in [1.29, 1.82) is 0 Å². The van der Waals surface area contributed by atoms with Gasteiger partial charge < -0.3 is 9.84 Å². The summed E-state index contributed by atoms with van der Waals surface area (Å²) in [5, 5.41) is 11.4. The van der Waals surface area contributed by atoms with Gasteiger partial charge in [0.15, 0.2) is 0 Å². The normalized spacial score (nSPS) is 10.5. The number of ether oxygens (including phenoxy) is 1. The van der Waals surface area contributed by atoms with E-state index < -0.39 is 0 Å². The van der Waals surface area contributed by atoms with E-state index in [0.717, 1.165) is 20.2 Å². The average molecular weight is 342 g/mol. The van der Waals surface area contributed by atoms with E-state index in [1.807, 2.05) is 41.8 Å². The number of carbonyl (C=O) groups excluding carboxylic acids is 1. The molecule has 0 bridgehead atoms. The highest BCUT2D eigenvalue weighted by atomic mass is 32.2. The Morgan fingerprint density at radius 2 is 1.91 bits per heavy atom. The molecule has 0 radical (unpaired) electrons. The fourth-order valence-corrected chi connectivity index (χ4v) is 3.71. The maximum atomic E-state index is 11.3. The molecular formula is C18H14O3S2. The molecule has 0 saturated heterocycles.